The summed E-state index contributed by atoms with van der Waals surface area (Å²) in [6.45, 7) is 0. The van der Waals surface area contributed by atoms with E-state index in [4.69, 9.17) is 37.4 Å². The first kappa shape index (κ1) is 59.7. The minimum absolute atomic E-state index is 0.158. The van der Waals surface area contributed by atoms with Gasteiger partial charge in [0.05, 0.1) is 33.9 Å². The fourth-order valence-corrected chi connectivity index (χ4v) is 17.9. The number of furan rings is 4. The van der Waals surface area contributed by atoms with Crippen LogP contribution in [-0.2, 0) is 0 Å². The zero-order valence-electron chi connectivity index (χ0n) is 58.2. The molecular weight excluding hydrogens is 1340 g/mol. The van der Waals surface area contributed by atoms with Crippen LogP contribution in [-0.4, -0.2) is 24.1 Å². The minimum atomic E-state index is -0.295. The van der Waals surface area contributed by atoms with Crippen molar-refractivity contribution in [1.29, 1.82) is 0 Å². The topological polar surface area (TPSA) is 110 Å². The summed E-state index contributed by atoms with van der Waals surface area (Å²) in [6.07, 6.45) is 6.34. The molecule has 22 aromatic rings. The van der Waals surface area contributed by atoms with Gasteiger partial charge in [0.2, 0.25) is 0 Å². The molecule has 24 rings (SSSR count). The summed E-state index contributed by atoms with van der Waals surface area (Å²) in [5, 5.41) is 12.9. The van der Waals surface area contributed by atoms with Crippen LogP contribution in [0.25, 0.3) is 210 Å². The van der Waals surface area contributed by atoms with Gasteiger partial charge in [0.1, 0.15) is 62.0 Å². The molecule has 1 aliphatic carbocycles. The zero-order chi connectivity index (χ0) is 71.1. The maximum atomic E-state index is 6.83. The highest BCUT2D eigenvalue weighted by molar-refractivity contribution is 6.18. The van der Waals surface area contributed by atoms with E-state index in [0.29, 0.717) is 17.5 Å². The van der Waals surface area contributed by atoms with Crippen LogP contribution in [0.15, 0.2) is 357 Å². The lowest BCUT2D eigenvalue weighted by Gasteiger charge is -2.23. The quantitative estimate of drug-likeness (QED) is 0.141. The monoisotopic (exact) mass is 1400 g/mol. The average Bonchev–Trinajstić information content (AvgIpc) is 1.60. The SMILES string of the molecule is C1=CC(c2nc(-c3cccc4oc5ccc(-c6ccc7c(c6)c6ccccc6n7-c6ccc(-c7cccc8c7oc7ccccc78)cc6)cc5c34)nc(-c3cccc4oc5ccc(-c6ccc7c(c6)c6ccccc6n7-c6ccc(-c7cccc8c7oc7ccccc78)cc6)cc5c34)n2)C2C(=C1)Oc1ccccc12. The number of aromatic nitrogens is 5. The second kappa shape index (κ2) is 22.9. The van der Waals surface area contributed by atoms with Gasteiger partial charge in [-0.2, -0.15) is 0 Å². The molecule has 0 fully saturated rings. The van der Waals surface area contributed by atoms with Crippen LogP contribution < -0.4 is 4.74 Å². The van der Waals surface area contributed by atoms with Crippen LogP contribution in [0.5, 0.6) is 5.75 Å². The number of para-hydroxylation sites is 7. The van der Waals surface area contributed by atoms with Gasteiger partial charge < -0.3 is 31.5 Å². The summed E-state index contributed by atoms with van der Waals surface area (Å²) in [5.74, 6) is 2.92. The lowest BCUT2D eigenvalue weighted by atomic mass is 9.82. The number of ether oxygens (including phenoxy) is 1. The lowest BCUT2D eigenvalue weighted by molar-refractivity contribution is 0.414. The predicted octanol–water partition coefficient (Wildman–Crippen LogP) is 26.4. The van der Waals surface area contributed by atoms with Gasteiger partial charge in [-0.1, -0.05) is 212 Å². The molecule has 2 unspecified atom stereocenters. The number of allylic oxidation sites excluding steroid dienone is 4. The molecule has 7 aromatic heterocycles. The van der Waals surface area contributed by atoms with E-state index in [0.717, 1.165) is 205 Å². The third kappa shape index (κ3) is 9.00. The highest BCUT2D eigenvalue weighted by atomic mass is 16.5. The van der Waals surface area contributed by atoms with Gasteiger partial charge >= 0.3 is 0 Å². The molecule has 10 heteroatoms. The van der Waals surface area contributed by atoms with Crippen LogP contribution in [0.1, 0.15) is 23.2 Å². The van der Waals surface area contributed by atoms with Crippen molar-refractivity contribution in [3.05, 3.63) is 351 Å². The van der Waals surface area contributed by atoms with Gasteiger partial charge in [0.15, 0.2) is 11.6 Å². The maximum absolute atomic E-state index is 6.83. The molecule has 10 nitrogen and oxygen atoms in total. The van der Waals surface area contributed by atoms with E-state index in [1.54, 1.807) is 0 Å². The minimum Gasteiger partial charge on any atom is -0.461 e. The van der Waals surface area contributed by atoms with Crippen molar-refractivity contribution in [3.63, 3.8) is 0 Å². The molecule has 0 N–H and O–H groups in total. The molecule has 2 aliphatic rings. The normalized spacial score (nSPS) is 14.3. The van der Waals surface area contributed by atoms with Crippen molar-refractivity contribution >= 4 is 131 Å². The molecule has 0 bridgehead atoms. The molecule has 0 amide bonds. The Bertz CT molecular complexity index is 7320. The molecule has 15 aromatic carbocycles. The first-order valence-electron chi connectivity index (χ1n) is 36.9. The highest BCUT2D eigenvalue weighted by Gasteiger charge is 2.39. The summed E-state index contributed by atoms with van der Waals surface area (Å²) < 4.78 is 37.9. The Morgan fingerprint density at radius 1 is 0.284 bits per heavy atom. The van der Waals surface area contributed by atoms with Gasteiger partial charge in [-0.3, -0.25) is 0 Å². The Morgan fingerprint density at radius 3 is 1.22 bits per heavy atom. The van der Waals surface area contributed by atoms with Gasteiger partial charge in [0.25, 0.3) is 0 Å². The zero-order valence-corrected chi connectivity index (χ0v) is 58.2. The van der Waals surface area contributed by atoms with Crippen molar-refractivity contribution in [2.24, 2.45) is 0 Å². The molecule has 8 heterocycles. The van der Waals surface area contributed by atoms with Crippen LogP contribution in [0, 0.1) is 0 Å². The Morgan fingerprint density at radius 2 is 0.688 bits per heavy atom. The van der Waals surface area contributed by atoms with Gasteiger partial charge in [-0.15, -0.1) is 0 Å². The molecule has 0 saturated heterocycles. The Hall–Kier alpha value is -14.6. The largest absolute Gasteiger partial charge is 0.461 e. The van der Waals surface area contributed by atoms with E-state index in [9.17, 15) is 0 Å². The second-order valence-electron chi connectivity index (χ2n) is 28.7. The molecule has 0 spiro atoms. The summed E-state index contributed by atoms with van der Waals surface area (Å²) in [4.78, 5) is 16.8. The van der Waals surface area contributed by atoms with E-state index < -0.39 is 0 Å². The van der Waals surface area contributed by atoms with Crippen LogP contribution in [0.3, 0.4) is 0 Å². The first-order chi connectivity index (χ1) is 54.0. The number of rotatable bonds is 9. The summed E-state index contributed by atoms with van der Waals surface area (Å²) in [5.41, 5.74) is 24.5. The molecule has 1 aliphatic heterocycles. The van der Waals surface area contributed by atoms with E-state index >= 15 is 0 Å². The van der Waals surface area contributed by atoms with Crippen molar-refractivity contribution in [3.8, 4) is 84.4 Å². The van der Waals surface area contributed by atoms with Crippen LogP contribution >= 0.6 is 0 Å². The fraction of sp³-hybridized carbons (Fsp3) is 0.0202. The highest BCUT2D eigenvalue weighted by Crippen LogP contribution is 2.52. The first-order valence-corrected chi connectivity index (χ1v) is 36.9. The smallest absolute Gasteiger partial charge is 0.164 e. The molecular formula is C99H57N5O5. The fourth-order valence-electron chi connectivity index (χ4n) is 17.9. The number of hydrogen-bond acceptors (Lipinski definition) is 8. The van der Waals surface area contributed by atoms with Crippen molar-refractivity contribution < 1.29 is 22.4 Å². The Balaban J connectivity index is 0.617. The van der Waals surface area contributed by atoms with Crippen LogP contribution in [0.4, 0.5) is 0 Å². The standard InChI is InChI=1S/C99H57N5O5/c1-6-28-80-66(16-1)76-52-58(40-48-82(76)103(80)62-44-36-56(37-45-62)64-21-11-23-70-68-18-3-8-30-84(68)108-95(64)70)60-42-50-87-78(54-60)93-74(26-14-34-90(93)106-87)98-100-97(73-25-13-33-89-92(73)72-20-5-10-32-86(72)105-89)101-99(102-98)75-27-15-35-91-94(75)79-55-61(43-51-88(79)107-91)59-41-49-83-77(53-59)67-17-2-7-29-81(67)104(83)63-46-38-57(39-47-63)65-22-12-24-71-69-19-4-9-31-85(69)109-96(65)71/h1-55,73,92H. The van der Waals surface area contributed by atoms with Crippen molar-refractivity contribution in [1.82, 2.24) is 24.1 Å². The van der Waals surface area contributed by atoms with Crippen molar-refractivity contribution in [2.45, 2.75) is 11.8 Å². The number of benzene rings is 15. The molecule has 109 heavy (non-hydrogen) atoms. The van der Waals surface area contributed by atoms with Crippen molar-refractivity contribution in [2.75, 3.05) is 0 Å². The lowest BCUT2D eigenvalue weighted by Crippen LogP contribution is -2.16. The predicted molar refractivity (Wildman–Crippen MR) is 440 cm³/mol. The molecule has 2 atom stereocenters. The summed E-state index contributed by atoms with van der Waals surface area (Å²) >= 11 is 0. The summed E-state index contributed by atoms with van der Waals surface area (Å²) in [7, 11) is 0. The van der Waals surface area contributed by atoms with E-state index in [1.807, 2.05) is 60.7 Å². The van der Waals surface area contributed by atoms with E-state index in [-0.39, 0.29) is 11.8 Å². The van der Waals surface area contributed by atoms with Gasteiger partial charge in [0, 0.05) is 104 Å². The number of nitrogens with zero attached hydrogens (tertiary/aromatic N) is 5. The third-order valence-corrected chi connectivity index (χ3v) is 22.8. The molecule has 0 radical (unpaired) electrons. The number of hydrogen-bond donors (Lipinski definition) is 0. The average molecular weight is 1400 g/mol. The van der Waals surface area contributed by atoms with E-state index in [2.05, 4.69) is 282 Å². The van der Waals surface area contributed by atoms with E-state index in [1.165, 1.54) is 10.8 Å². The van der Waals surface area contributed by atoms with Crippen LogP contribution in [0.2, 0.25) is 0 Å². The maximum Gasteiger partial charge on any atom is 0.164 e. The summed E-state index contributed by atoms with van der Waals surface area (Å²) in [6, 6.07) is 112. The molecule has 508 valence electrons. The number of fused-ring (bicyclic) bond motifs is 21. The Labute approximate surface area is 621 Å². The second-order valence-corrected chi connectivity index (χ2v) is 28.7. The molecule has 0 saturated carbocycles. The Kier molecular flexibility index (Phi) is 12.6. The third-order valence-electron chi connectivity index (χ3n) is 22.8. The van der Waals surface area contributed by atoms with Gasteiger partial charge in [-0.25, -0.2) is 15.0 Å². The van der Waals surface area contributed by atoms with Gasteiger partial charge in [-0.05, 0) is 155 Å².